The average Bonchev–Trinajstić information content (AvgIpc) is 2.92. The molecular weight excluding hydrogens is 466 g/mol. The molecule has 0 aliphatic carbocycles. The zero-order valence-corrected chi connectivity index (χ0v) is 18.5. The Morgan fingerprint density at radius 3 is 2.14 bits per heavy atom. The number of aromatic nitrogens is 2. The average molecular weight is 480 g/mol. The predicted octanol–water partition coefficient (Wildman–Crippen LogP) is 6.20. The van der Waals surface area contributed by atoms with Crippen molar-refractivity contribution in [2.24, 2.45) is 0 Å². The SMILES string of the molecule is Cc1ccc(-c2c(C)c(C(=O)O)nn2-c2ccc(Cl)cc2Cl)cc1.O=S(Cl)Cl. The maximum absolute atomic E-state index is 11.5. The molecular formula is C18H14Cl4N2O3S. The molecule has 3 aromatic rings. The summed E-state index contributed by atoms with van der Waals surface area (Å²) in [6.07, 6.45) is 0. The highest BCUT2D eigenvalue weighted by molar-refractivity contribution is 8.26. The van der Waals surface area contributed by atoms with Crippen molar-refractivity contribution in [2.75, 3.05) is 0 Å². The fourth-order valence-corrected chi connectivity index (χ4v) is 3.07. The summed E-state index contributed by atoms with van der Waals surface area (Å²) in [7, 11) is 7.36. The van der Waals surface area contributed by atoms with E-state index in [2.05, 4.69) is 26.5 Å². The van der Waals surface area contributed by atoms with Crippen molar-refractivity contribution in [1.29, 1.82) is 0 Å². The van der Waals surface area contributed by atoms with E-state index in [0.717, 1.165) is 11.1 Å². The molecule has 10 heteroatoms. The van der Waals surface area contributed by atoms with Gasteiger partial charge < -0.3 is 5.11 Å². The first-order valence-corrected chi connectivity index (χ1v) is 11.3. The third-order valence-corrected chi connectivity index (χ3v) is 4.33. The van der Waals surface area contributed by atoms with Crippen LogP contribution in [0, 0.1) is 13.8 Å². The van der Waals surface area contributed by atoms with Gasteiger partial charge in [0.15, 0.2) is 5.69 Å². The van der Waals surface area contributed by atoms with Crippen LogP contribution in [-0.4, -0.2) is 25.1 Å². The maximum Gasteiger partial charge on any atom is 0.356 e. The molecule has 0 aliphatic rings. The summed E-state index contributed by atoms with van der Waals surface area (Å²) < 4.78 is 10.6. The zero-order chi connectivity index (χ0) is 21.0. The quantitative estimate of drug-likeness (QED) is 0.453. The van der Waals surface area contributed by atoms with Crippen LogP contribution in [0.2, 0.25) is 10.0 Å². The second-order valence-electron chi connectivity index (χ2n) is 5.69. The monoisotopic (exact) mass is 478 g/mol. The van der Waals surface area contributed by atoms with E-state index in [1.807, 2.05) is 31.2 Å². The molecule has 1 heterocycles. The standard InChI is InChI=1S/C18H14Cl2N2O2.Cl2OS/c1-10-3-5-12(6-4-10)17-11(2)16(18(23)24)21-22(17)15-8-7-13(19)9-14(15)20;1-4(2)3/h3-9H,1-2H3,(H,23,24);. The van der Waals surface area contributed by atoms with Crippen molar-refractivity contribution in [1.82, 2.24) is 9.78 Å². The fraction of sp³-hybridized carbons (Fsp3) is 0.111. The molecule has 0 saturated carbocycles. The summed E-state index contributed by atoms with van der Waals surface area (Å²) in [5.74, 6) is -1.08. The minimum atomic E-state index is -1.67. The van der Waals surface area contributed by atoms with E-state index in [4.69, 9.17) is 27.4 Å². The summed E-state index contributed by atoms with van der Waals surface area (Å²) in [5.41, 5.74) is 3.83. The number of rotatable bonds is 3. The summed E-state index contributed by atoms with van der Waals surface area (Å²) in [6.45, 7) is 3.73. The van der Waals surface area contributed by atoms with Gasteiger partial charge in [-0.2, -0.15) is 5.10 Å². The van der Waals surface area contributed by atoms with Gasteiger partial charge in [0.25, 0.3) is 0 Å². The molecule has 0 bridgehead atoms. The van der Waals surface area contributed by atoms with Crippen molar-refractivity contribution < 1.29 is 14.1 Å². The normalized spacial score (nSPS) is 10.5. The Bertz CT molecular complexity index is 1030. The van der Waals surface area contributed by atoms with Crippen LogP contribution in [0.25, 0.3) is 16.9 Å². The highest BCUT2D eigenvalue weighted by atomic mass is 36.0. The largest absolute Gasteiger partial charge is 0.476 e. The first kappa shape index (κ1) is 22.7. The van der Waals surface area contributed by atoms with E-state index in [1.165, 1.54) is 0 Å². The van der Waals surface area contributed by atoms with Crippen LogP contribution in [0.15, 0.2) is 42.5 Å². The first-order chi connectivity index (χ1) is 13.1. The molecule has 0 unspecified atom stereocenters. The molecule has 0 saturated heterocycles. The molecule has 28 heavy (non-hydrogen) atoms. The van der Waals surface area contributed by atoms with Gasteiger partial charge in [-0.25, -0.2) is 13.7 Å². The summed E-state index contributed by atoms with van der Waals surface area (Å²) in [4.78, 5) is 11.5. The van der Waals surface area contributed by atoms with E-state index in [1.54, 1.807) is 29.8 Å². The van der Waals surface area contributed by atoms with Gasteiger partial charge >= 0.3 is 5.97 Å². The van der Waals surface area contributed by atoms with Crippen LogP contribution in [-0.2, 0) is 9.23 Å². The maximum atomic E-state index is 11.5. The minimum Gasteiger partial charge on any atom is -0.476 e. The van der Waals surface area contributed by atoms with Gasteiger partial charge in [0.2, 0.25) is 9.23 Å². The molecule has 148 valence electrons. The Balaban J connectivity index is 0.000000640. The second kappa shape index (κ2) is 9.76. The van der Waals surface area contributed by atoms with Gasteiger partial charge in [0.05, 0.1) is 16.4 Å². The lowest BCUT2D eigenvalue weighted by Crippen LogP contribution is -2.03. The van der Waals surface area contributed by atoms with Crippen molar-refractivity contribution in [3.63, 3.8) is 0 Å². The third-order valence-electron chi connectivity index (χ3n) is 3.79. The van der Waals surface area contributed by atoms with Crippen molar-refractivity contribution in [2.45, 2.75) is 13.8 Å². The number of hydrogen-bond acceptors (Lipinski definition) is 3. The Morgan fingerprint density at radius 2 is 1.64 bits per heavy atom. The lowest BCUT2D eigenvalue weighted by molar-refractivity contribution is 0.0689. The smallest absolute Gasteiger partial charge is 0.356 e. The van der Waals surface area contributed by atoms with E-state index < -0.39 is 15.2 Å². The number of aromatic carboxylic acids is 1. The van der Waals surface area contributed by atoms with Gasteiger partial charge in [-0.15, -0.1) is 0 Å². The van der Waals surface area contributed by atoms with E-state index in [-0.39, 0.29) is 5.69 Å². The molecule has 3 rings (SSSR count). The number of carbonyl (C=O) groups is 1. The number of nitrogens with zero attached hydrogens (tertiary/aromatic N) is 2. The van der Waals surface area contributed by atoms with Crippen LogP contribution in [0.3, 0.4) is 0 Å². The Morgan fingerprint density at radius 1 is 1.07 bits per heavy atom. The van der Waals surface area contributed by atoms with Crippen LogP contribution in [0.4, 0.5) is 0 Å². The van der Waals surface area contributed by atoms with Crippen LogP contribution in [0.1, 0.15) is 21.6 Å². The van der Waals surface area contributed by atoms with Crippen molar-refractivity contribution >= 4 is 59.8 Å². The summed E-state index contributed by atoms with van der Waals surface area (Å²) in [6, 6.07) is 12.8. The van der Waals surface area contributed by atoms with Gasteiger partial charge in [0.1, 0.15) is 0 Å². The topological polar surface area (TPSA) is 72.2 Å². The van der Waals surface area contributed by atoms with Gasteiger partial charge in [-0.1, -0.05) is 53.0 Å². The molecule has 5 nitrogen and oxygen atoms in total. The number of aryl methyl sites for hydroxylation is 1. The van der Waals surface area contributed by atoms with Gasteiger partial charge in [0, 0.05) is 37.5 Å². The van der Waals surface area contributed by atoms with Crippen LogP contribution in [0.5, 0.6) is 0 Å². The highest BCUT2D eigenvalue weighted by Gasteiger charge is 2.22. The number of benzene rings is 2. The van der Waals surface area contributed by atoms with Crippen LogP contribution >= 0.6 is 44.6 Å². The molecule has 2 aromatic carbocycles. The van der Waals surface area contributed by atoms with E-state index in [0.29, 0.717) is 27.0 Å². The third kappa shape index (κ3) is 5.49. The predicted molar refractivity (Wildman–Crippen MR) is 115 cm³/mol. The second-order valence-corrected chi connectivity index (χ2v) is 9.05. The van der Waals surface area contributed by atoms with E-state index in [9.17, 15) is 9.90 Å². The molecule has 0 atom stereocenters. The molecule has 1 N–H and O–H groups in total. The van der Waals surface area contributed by atoms with Gasteiger partial charge in [-0.3, -0.25) is 0 Å². The van der Waals surface area contributed by atoms with Crippen molar-refractivity contribution in [3.05, 3.63) is 69.3 Å². The Kier molecular flexibility index (Phi) is 7.92. The Hall–Kier alpha value is -1.57. The summed E-state index contributed by atoms with van der Waals surface area (Å²) in [5, 5.41) is 14.6. The molecule has 0 amide bonds. The number of carboxylic acids is 1. The highest BCUT2D eigenvalue weighted by Crippen LogP contribution is 2.32. The fourth-order valence-electron chi connectivity index (χ4n) is 2.58. The number of hydrogen-bond donors (Lipinski definition) is 1. The van der Waals surface area contributed by atoms with Crippen molar-refractivity contribution in [3.8, 4) is 16.9 Å². The number of halogens is 4. The Labute approximate surface area is 183 Å². The van der Waals surface area contributed by atoms with E-state index >= 15 is 0 Å². The molecule has 0 radical (unpaired) electrons. The number of carboxylic acid groups (broad SMARTS) is 1. The lowest BCUT2D eigenvalue weighted by Gasteiger charge is -2.11. The van der Waals surface area contributed by atoms with Crippen LogP contribution < -0.4 is 0 Å². The molecule has 0 spiro atoms. The van der Waals surface area contributed by atoms with Gasteiger partial charge in [-0.05, 0) is 32.0 Å². The zero-order valence-electron chi connectivity index (χ0n) is 14.6. The molecule has 0 aliphatic heterocycles. The first-order valence-electron chi connectivity index (χ1n) is 7.71. The molecule has 0 fully saturated rings. The minimum absolute atomic E-state index is 0.00316. The lowest BCUT2D eigenvalue weighted by atomic mass is 10.0. The molecule has 1 aromatic heterocycles. The summed E-state index contributed by atoms with van der Waals surface area (Å²) >= 11 is 12.3.